The normalized spacial score (nSPS) is 17.2. The number of ether oxygens (including phenoxy) is 2. The first kappa shape index (κ1) is 32.0. The number of benzene rings is 4. The Bertz CT molecular complexity index is 1740. The third kappa shape index (κ3) is 7.80. The molecule has 0 radical (unpaired) electrons. The summed E-state index contributed by atoms with van der Waals surface area (Å²) in [6, 6.07) is 32.1. The molecule has 5 rings (SSSR count). The predicted molar refractivity (Wildman–Crippen MR) is 178 cm³/mol. The van der Waals surface area contributed by atoms with Crippen molar-refractivity contribution in [3.05, 3.63) is 147 Å². The van der Waals surface area contributed by atoms with E-state index in [1.54, 1.807) is 30.3 Å². The van der Waals surface area contributed by atoms with Crippen LogP contribution in [0.1, 0.15) is 46.8 Å². The van der Waals surface area contributed by atoms with E-state index in [-0.39, 0.29) is 18.9 Å². The van der Waals surface area contributed by atoms with Crippen molar-refractivity contribution in [3.63, 3.8) is 0 Å². The Hall–Kier alpha value is -5.41. The molecule has 1 heterocycles. The lowest BCUT2D eigenvalue weighted by molar-refractivity contribution is -0.129. The molecule has 1 aliphatic heterocycles. The molecule has 0 unspecified atom stereocenters. The molecule has 0 saturated carbocycles. The Morgan fingerprint density at radius 3 is 2.61 bits per heavy atom. The molecule has 10 nitrogen and oxygen atoms in total. The van der Waals surface area contributed by atoms with Crippen molar-refractivity contribution in [1.82, 2.24) is 10.9 Å². The summed E-state index contributed by atoms with van der Waals surface area (Å²) >= 11 is 0. The van der Waals surface area contributed by atoms with Gasteiger partial charge in [-0.1, -0.05) is 102 Å². The van der Waals surface area contributed by atoms with Gasteiger partial charge >= 0.3 is 0 Å². The van der Waals surface area contributed by atoms with Crippen LogP contribution in [0, 0.1) is 6.92 Å². The van der Waals surface area contributed by atoms with Crippen LogP contribution in [-0.4, -0.2) is 35.7 Å². The van der Waals surface area contributed by atoms with Crippen LogP contribution in [0.4, 0.5) is 5.69 Å². The number of aliphatic imine (C=N–C) groups is 1. The average Bonchev–Trinajstić information content (AvgIpc) is 3.46. The number of nitrogens with one attached hydrogen (secondary N) is 2. The minimum absolute atomic E-state index is 0.0458. The number of hydrogen-bond acceptors (Lipinski definition) is 7. The molecule has 0 spiro atoms. The molecule has 46 heavy (non-hydrogen) atoms. The molecule has 10 heteroatoms. The van der Waals surface area contributed by atoms with Gasteiger partial charge in [0.2, 0.25) is 5.90 Å². The van der Waals surface area contributed by atoms with Crippen LogP contribution in [0.5, 0.6) is 5.75 Å². The fourth-order valence-corrected chi connectivity index (χ4v) is 5.24. The summed E-state index contributed by atoms with van der Waals surface area (Å²) in [6.45, 7) is 2.85. The number of aliphatic hydroxyl groups excluding tert-OH is 1. The quantitative estimate of drug-likeness (QED) is 0.0466. The van der Waals surface area contributed by atoms with Gasteiger partial charge in [0.15, 0.2) is 11.6 Å². The topological polar surface area (TPSA) is 141 Å². The zero-order chi connectivity index (χ0) is 32.2. The van der Waals surface area contributed by atoms with Gasteiger partial charge in [-0.15, -0.1) is 0 Å². The average molecular weight is 617 g/mol. The number of azide groups is 1. The Kier molecular flexibility index (Phi) is 10.8. The van der Waals surface area contributed by atoms with Crippen molar-refractivity contribution in [2.75, 3.05) is 13.2 Å². The van der Waals surface area contributed by atoms with Crippen molar-refractivity contribution in [1.29, 1.82) is 0 Å². The maximum atomic E-state index is 14.4. The summed E-state index contributed by atoms with van der Waals surface area (Å²) in [5, 5.41) is 13.0. The molecular formula is C36H36N6O4. The maximum absolute atomic E-state index is 14.4. The Balaban J connectivity index is 1.53. The van der Waals surface area contributed by atoms with Gasteiger partial charge in [-0.3, -0.25) is 10.2 Å². The molecule has 1 amide bonds. The molecule has 0 aromatic heterocycles. The number of aryl methyl sites for hydroxylation is 1. The van der Waals surface area contributed by atoms with Gasteiger partial charge in [0.1, 0.15) is 5.75 Å². The van der Waals surface area contributed by atoms with Crippen LogP contribution in [-0.2, 0) is 16.1 Å². The van der Waals surface area contributed by atoms with Crippen LogP contribution in [0.15, 0.2) is 119 Å². The zero-order valence-electron chi connectivity index (χ0n) is 25.5. The number of carbonyl (C=O) groups excluding carboxylic acids is 1. The van der Waals surface area contributed by atoms with Crippen LogP contribution in [0.3, 0.4) is 0 Å². The van der Waals surface area contributed by atoms with E-state index in [0.29, 0.717) is 42.1 Å². The molecule has 1 aliphatic rings. The number of aliphatic hydroxyl groups is 1. The summed E-state index contributed by atoms with van der Waals surface area (Å²) in [5.74, 6) is 0.498. The van der Waals surface area contributed by atoms with E-state index in [9.17, 15) is 10.3 Å². The number of hydrogen-bond donors (Lipinski definition) is 3. The Labute approximate surface area is 268 Å². The minimum atomic E-state index is -1.47. The maximum Gasteiger partial charge on any atom is 0.266 e. The molecule has 4 aromatic rings. The number of amides is 1. The van der Waals surface area contributed by atoms with Gasteiger partial charge in [0.05, 0.1) is 6.61 Å². The second-order valence-electron chi connectivity index (χ2n) is 10.9. The van der Waals surface area contributed by atoms with Crippen molar-refractivity contribution < 1.29 is 19.4 Å². The van der Waals surface area contributed by atoms with Gasteiger partial charge in [-0.2, -0.15) is 0 Å². The molecular weight excluding hydrogens is 580 g/mol. The van der Waals surface area contributed by atoms with E-state index >= 15 is 0 Å². The van der Waals surface area contributed by atoms with Gasteiger partial charge in [-0.25, -0.2) is 10.4 Å². The lowest BCUT2D eigenvalue weighted by Crippen LogP contribution is -2.52. The van der Waals surface area contributed by atoms with Crippen molar-refractivity contribution in [3.8, 4) is 5.75 Å². The van der Waals surface area contributed by atoms with Crippen molar-refractivity contribution in [2.24, 2.45) is 10.1 Å². The first-order valence-electron chi connectivity index (χ1n) is 15.1. The van der Waals surface area contributed by atoms with E-state index in [1.165, 1.54) is 0 Å². The van der Waals surface area contributed by atoms with E-state index < -0.39 is 17.6 Å². The second kappa shape index (κ2) is 15.5. The summed E-state index contributed by atoms with van der Waals surface area (Å²) in [5.41, 5.74) is 18.4. The van der Waals surface area contributed by atoms with E-state index in [4.69, 9.17) is 19.6 Å². The summed E-state index contributed by atoms with van der Waals surface area (Å²) in [4.78, 5) is 22.4. The van der Waals surface area contributed by atoms with Crippen LogP contribution in [0.25, 0.3) is 16.5 Å². The van der Waals surface area contributed by atoms with Crippen LogP contribution in [0.2, 0.25) is 0 Å². The highest BCUT2D eigenvalue weighted by Crippen LogP contribution is 2.45. The van der Waals surface area contributed by atoms with E-state index in [2.05, 4.69) is 20.9 Å². The van der Waals surface area contributed by atoms with Gasteiger partial charge < -0.3 is 14.6 Å². The number of rotatable bonds is 14. The third-order valence-corrected chi connectivity index (χ3v) is 7.52. The number of carbonyl (C=O) groups is 1. The van der Waals surface area contributed by atoms with Crippen molar-refractivity contribution >= 4 is 23.6 Å². The van der Waals surface area contributed by atoms with Gasteiger partial charge in [0, 0.05) is 47.7 Å². The molecule has 0 aliphatic carbocycles. The molecule has 234 valence electrons. The Morgan fingerprint density at radius 1 is 1.07 bits per heavy atom. The smallest absolute Gasteiger partial charge is 0.266 e. The highest BCUT2D eigenvalue weighted by Gasteiger charge is 2.53. The fourth-order valence-electron chi connectivity index (χ4n) is 5.24. The standard InChI is InChI=1S/C36H36N6O4/c1-26-10-7-13-28(24-26)25-38-41-35(44)36(21-8-14-27-11-3-2-4-12-27)33(31-15-5-6-16-32(31)40-42-37)46-34(39-36)29-17-19-30(20-18-29)45-23-9-22-43/h2-8,10-20,24,33,38,43H,9,21-23,25H2,1H3,(H,41,44)/b14-8+/t33-,36-/m0/s1. The highest BCUT2D eigenvalue weighted by atomic mass is 16.5. The first-order chi connectivity index (χ1) is 22.5. The van der Waals surface area contributed by atoms with Crippen LogP contribution >= 0.6 is 0 Å². The molecule has 0 bridgehead atoms. The lowest BCUT2D eigenvalue weighted by Gasteiger charge is -2.30. The summed E-state index contributed by atoms with van der Waals surface area (Å²) < 4.78 is 12.2. The fraction of sp³-hybridized carbons (Fsp3) is 0.222. The molecule has 2 atom stereocenters. The highest BCUT2D eigenvalue weighted by molar-refractivity contribution is 6.01. The van der Waals surface area contributed by atoms with E-state index in [1.807, 2.05) is 91.9 Å². The van der Waals surface area contributed by atoms with Crippen molar-refractivity contribution in [2.45, 2.75) is 38.0 Å². The monoisotopic (exact) mass is 616 g/mol. The third-order valence-electron chi connectivity index (χ3n) is 7.52. The molecule has 4 aromatic carbocycles. The zero-order valence-corrected chi connectivity index (χ0v) is 25.5. The second-order valence-corrected chi connectivity index (χ2v) is 10.9. The lowest BCUT2D eigenvalue weighted by atomic mass is 9.83. The van der Waals surface area contributed by atoms with E-state index in [0.717, 1.165) is 16.7 Å². The van der Waals surface area contributed by atoms with Gasteiger partial charge in [-0.05, 0) is 47.8 Å². The minimum Gasteiger partial charge on any atom is -0.494 e. The number of hydrazine groups is 1. The first-order valence-corrected chi connectivity index (χ1v) is 15.1. The summed E-state index contributed by atoms with van der Waals surface area (Å²) in [6.07, 6.45) is 3.63. The molecule has 0 saturated heterocycles. The predicted octanol–water partition coefficient (Wildman–Crippen LogP) is 6.88. The van der Waals surface area contributed by atoms with Gasteiger partial charge in [0.25, 0.3) is 5.91 Å². The number of nitrogens with zero attached hydrogens (tertiary/aromatic N) is 4. The SMILES string of the molecule is Cc1cccc(CNNC(=O)[C@@]2(C/C=C/c3ccccc3)N=C(c3ccc(OCCCO)cc3)O[C@H]2c2ccccc2N=[N+]=[N-])c1. The summed E-state index contributed by atoms with van der Waals surface area (Å²) in [7, 11) is 0. The Morgan fingerprint density at radius 2 is 1.85 bits per heavy atom. The molecule has 0 fully saturated rings. The van der Waals surface area contributed by atoms with Crippen LogP contribution < -0.4 is 15.6 Å². The molecule has 3 N–H and O–H groups in total. The largest absolute Gasteiger partial charge is 0.494 e.